The van der Waals surface area contributed by atoms with E-state index in [1.54, 1.807) is 30.3 Å². The molecule has 2 rings (SSSR count). The molecule has 0 radical (unpaired) electrons. The molecular weight excluding hydrogens is 328 g/mol. The zero-order valence-electron chi connectivity index (χ0n) is 11.6. The maximum Gasteiger partial charge on any atom is 0.289 e. The normalized spacial score (nSPS) is 11.2. The summed E-state index contributed by atoms with van der Waals surface area (Å²) < 4.78 is 25.8. The summed E-state index contributed by atoms with van der Waals surface area (Å²) in [5.41, 5.74) is 0.491. The summed E-state index contributed by atoms with van der Waals surface area (Å²) in [6.45, 7) is 0. The van der Waals surface area contributed by atoms with Gasteiger partial charge >= 0.3 is 0 Å². The van der Waals surface area contributed by atoms with Crippen molar-refractivity contribution in [3.8, 4) is 0 Å². The molecule has 2 aromatic rings. The van der Waals surface area contributed by atoms with E-state index < -0.39 is 14.9 Å². The van der Waals surface area contributed by atoms with E-state index in [1.807, 2.05) is 0 Å². The van der Waals surface area contributed by atoms with Crippen molar-refractivity contribution >= 4 is 33.0 Å². The Kier molecular flexibility index (Phi) is 4.68. The van der Waals surface area contributed by atoms with Gasteiger partial charge in [-0.1, -0.05) is 41.9 Å². The van der Waals surface area contributed by atoms with Crippen LogP contribution in [0.2, 0.25) is 5.02 Å². The van der Waals surface area contributed by atoms with Gasteiger partial charge < -0.3 is 0 Å². The standard InChI is InChI=1S/C14H13ClN2O4S/c1-16(12-7-8-13(15)14(9-12)17(18)19)22(20,21)10-11-5-3-2-4-6-11/h2-9H,10H2,1H3. The van der Waals surface area contributed by atoms with E-state index in [9.17, 15) is 18.5 Å². The molecule has 0 fully saturated rings. The highest BCUT2D eigenvalue weighted by molar-refractivity contribution is 7.92. The molecule has 0 aliphatic heterocycles. The molecular formula is C14H13ClN2O4S. The number of hydrogen-bond acceptors (Lipinski definition) is 4. The highest BCUT2D eigenvalue weighted by Crippen LogP contribution is 2.30. The van der Waals surface area contributed by atoms with Crippen LogP contribution in [0.1, 0.15) is 5.56 Å². The zero-order chi connectivity index (χ0) is 16.3. The molecule has 116 valence electrons. The van der Waals surface area contributed by atoms with Crippen LogP contribution < -0.4 is 4.31 Å². The van der Waals surface area contributed by atoms with E-state index in [-0.39, 0.29) is 22.2 Å². The average molecular weight is 341 g/mol. The molecule has 0 spiro atoms. The fourth-order valence-electron chi connectivity index (χ4n) is 1.88. The average Bonchev–Trinajstić information content (AvgIpc) is 2.47. The molecule has 6 nitrogen and oxygen atoms in total. The highest BCUT2D eigenvalue weighted by atomic mass is 35.5. The van der Waals surface area contributed by atoms with Crippen LogP contribution in [0.3, 0.4) is 0 Å². The molecule has 8 heteroatoms. The number of benzene rings is 2. The van der Waals surface area contributed by atoms with E-state index in [2.05, 4.69) is 0 Å². The van der Waals surface area contributed by atoms with Gasteiger partial charge in [-0.25, -0.2) is 8.42 Å². The van der Waals surface area contributed by atoms with Gasteiger partial charge in [-0.05, 0) is 17.7 Å². The van der Waals surface area contributed by atoms with Gasteiger partial charge in [0.25, 0.3) is 5.69 Å². The van der Waals surface area contributed by atoms with Crippen molar-refractivity contribution in [2.45, 2.75) is 5.75 Å². The smallest absolute Gasteiger partial charge is 0.273 e. The third-order valence-corrected chi connectivity index (χ3v) is 5.16. The number of sulfonamides is 1. The molecule has 22 heavy (non-hydrogen) atoms. The first-order chi connectivity index (χ1) is 10.3. The molecule has 0 unspecified atom stereocenters. The van der Waals surface area contributed by atoms with Crippen LogP contribution in [0.25, 0.3) is 0 Å². The van der Waals surface area contributed by atoms with E-state index in [1.165, 1.54) is 19.2 Å². The van der Waals surface area contributed by atoms with Gasteiger partial charge in [0.05, 0.1) is 16.4 Å². The molecule has 0 heterocycles. The Balaban J connectivity index is 2.32. The Bertz CT molecular complexity index is 794. The highest BCUT2D eigenvalue weighted by Gasteiger charge is 2.22. The summed E-state index contributed by atoms with van der Waals surface area (Å²) in [5.74, 6) is -0.194. The number of rotatable bonds is 5. The minimum Gasteiger partial charge on any atom is -0.273 e. The Morgan fingerprint density at radius 2 is 1.82 bits per heavy atom. The molecule has 0 atom stereocenters. The molecule has 0 amide bonds. The lowest BCUT2D eigenvalue weighted by molar-refractivity contribution is -0.384. The third-order valence-electron chi connectivity index (χ3n) is 3.10. The second kappa shape index (κ2) is 6.33. The monoisotopic (exact) mass is 340 g/mol. The second-order valence-corrected chi connectivity index (χ2v) is 7.01. The van der Waals surface area contributed by atoms with Crippen LogP contribution in [0.4, 0.5) is 11.4 Å². The predicted octanol–water partition coefficient (Wildman–Crippen LogP) is 3.21. The molecule has 0 aliphatic carbocycles. The fourth-order valence-corrected chi connectivity index (χ4v) is 3.31. The van der Waals surface area contributed by atoms with Crippen LogP contribution in [-0.2, 0) is 15.8 Å². The van der Waals surface area contributed by atoms with Crippen LogP contribution >= 0.6 is 11.6 Å². The molecule has 0 N–H and O–H groups in total. The summed E-state index contributed by atoms with van der Waals surface area (Å²) in [7, 11) is -2.30. The van der Waals surface area contributed by atoms with Gasteiger partial charge in [-0.2, -0.15) is 0 Å². The molecule has 0 saturated carbocycles. The van der Waals surface area contributed by atoms with Gasteiger partial charge in [0.1, 0.15) is 5.02 Å². The maximum atomic E-state index is 12.4. The first-order valence-electron chi connectivity index (χ1n) is 6.26. The number of anilines is 1. The van der Waals surface area contributed by atoms with Crippen molar-refractivity contribution in [1.29, 1.82) is 0 Å². The Morgan fingerprint density at radius 1 is 1.18 bits per heavy atom. The lowest BCUT2D eigenvalue weighted by atomic mass is 10.2. The second-order valence-electron chi connectivity index (χ2n) is 4.60. The first kappa shape index (κ1) is 16.3. The van der Waals surface area contributed by atoms with Crippen LogP contribution in [-0.4, -0.2) is 20.4 Å². The van der Waals surface area contributed by atoms with Crippen LogP contribution in [0.15, 0.2) is 48.5 Å². The van der Waals surface area contributed by atoms with Gasteiger partial charge in [0.15, 0.2) is 0 Å². The number of hydrogen-bond donors (Lipinski definition) is 0. The Morgan fingerprint density at radius 3 is 2.41 bits per heavy atom. The van der Waals surface area contributed by atoms with Crippen molar-refractivity contribution < 1.29 is 13.3 Å². The summed E-state index contributed by atoms with van der Waals surface area (Å²) in [6, 6.07) is 12.6. The van der Waals surface area contributed by atoms with E-state index in [4.69, 9.17) is 11.6 Å². The summed E-state index contributed by atoms with van der Waals surface area (Å²) in [6.07, 6.45) is 0. The van der Waals surface area contributed by atoms with Gasteiger partial charge in [0, 0.05) is 13.1 Å². The predicted molar refractivity (Wildman–Crippen MR) is 85.6 cm³/mol. The summed E-state index contributed by atoms with van der Waals surface area (Å²) >= 11 is 5.73. The minimum atomic E-state index is -3.65. The van der Waals surface area contributed by atoms with Gasteiger partial charge in [-0.15, -0.1) is 0 Å². The van der Waals surface area contributed by atoms with Crippen molar-refractivity contribution in [1.82, 2.24) is 0 Å². The van der Waals surface area contributed by atoms with Crippen molar-refractivity contribution in [3.05, 3.63) is 69.2 Å². The lowest BCUT2D eigenvalue weighted by Crippen LogP contribution is -2.27. The van der Waals surface area contributed by atoms with Crippen molar-refractivity contribution in [3.63, 3.8) is 0 Å². The number of nitro benzene ring substituents is 1. The lowest BCUT2D eigenvalue weighted by Gasteiger charge is -2.19. The largest absolute Gasteiger partial charge is 0.289 e. The Labute approximate surface area is 133 Å². The SMILES string of the molecule is CN(c1ccc(Cl)c([N+](=O)[O-])c1)S(=O)(=O)Cc1ccccc1. The quantitative estimate of drug-likeness (QED) is 0.618. The van der Waals surface area contributed by atoms with Crippen molar-refractivity contribution in [2.75, 3.05) is 11.4 Å². The van der Waals surface area contributed by atoms with Crippen LogP contribution in [0.5, 0.6) is 0 Å². The number of nitrogens with zero attached hydrogens (tertiary/aromatic N) is 2. The summed E-state index contributed by atoms with van der Waals surface area (Å²) in [4.78, 5) is 10.2. The molecule has 2 aromatic carbocycles. The van der Waals surface area contributed by atoms with Gasteiger partial charge in [-0.3, -0.25) is 14.4 Å². The fraction of sp³-hybridized carbons (Fsp3) is 0.143. The van der Waals surface area contributed by atoms with E-state index in [0.29, 0.717) is 5.56 Å². The van der Waals surface area contributed by atoms with E-state index >= 15 is 0 Å². The van der Waals surface area contributed by atoms with E-state index in [0.717, 1.165) is 10.4 Å². The summed E-state index contributed by atoms with van der Waals surface area (Å²) in [5, 5.41) is 10.9. The number of halogens is 1. The van der Waals surface area contributed by atoms with Crippen LogP contribution in [0, 0.1) is 10.1 Å². The maximum absolute atomic E-state index is 12.4. The first-order valence-corrected chi connectivity index (χ1v) is 8.24. The molecule has 0 aliphatic rings. The number of nitro groups is 1. The third kappa shape index (κ3) is 3.55. The van der Waals surface area contributed by atoms with Crippen molar-refractivity contribution in [2.24, 2.45) is 0 Å². The topological polar surface area (TPSA) is 80.5 Å². The molecule has 0 bridgehead atoms. The van der Waals surface area contributed by atoms with Gasteiger partial charge in [0.2, 0.25) is 10.0 Å². The Hall–Kier alpha value is -2.12. The minimum absolute atomic E-state index is 0.0393. The zero-order valence-corrected chi connectivity index (χ0v) is 13.2. The molecule has 0 aromatic heterocycles. The molecule has 0 saturated heterocycles.